The Hall–Kier alpha value is -0.840. The number of methoxy groups -OCH3 is 1. The minimum atomic E-state index is 0.603. The zero-order valence-corrected chi connectivity index (χ0v) is 13.8. The van der Waals surface area contributed by atoms with Crippen molar-refractivity contribution >= 4 is 33.0 Å². The van der Waals surface area contributed by atoms with Gasteiger partial charge in [0.25, 0.3) is 0 Å². The highest BCUT2D eigenvalue weighted by atomic mass is 79.9. The fourth-order valence-electron chi connectivity index (χ4n) is 2.06. The van der Waals surface area contributed by atoms with E-state index in [0.29, 0.717) is 6.61 Å². The van der Waals surface area contributed by atoms with Gasteiger partial charge in [-0.1, -0.05) is 22.0 Å². The molecule has 0 fully saturated rings. The third-order valence-corrected chi connectivity index (χ3v) is 4.77. The van der Waals surface area contributed by atoms with Crippen LogP contribution in [0.1, 0.15) is 20.9 Å². The molecule has 4 heteroatoms. The van der Waals surface area contributed by atoms with Crippen LogP contribution in [-0.4, -0.2) is 7.11 Å². The van der Waals surface area contributed by atoms with Gasteiger partial charge in [-0.2, -0.15) is 0 Å². The lowest BCUT2D eigenvalue weighted by Gasteiger charge is -2.13. The van der Waals surface area contributed by atoms with E-state index < -0.39 is 0 Å². The Bertz CT molecular complexity index is 565. The van der Waals surface area contributed by atoms with Crippen LogP contribution in [0.3, 0.4) is 0 Å². The molecule has 0 saturated carbocycles. The van der Waals surface area contributed by atoms with Crippen molar-refractivity contribution in [1.82, 2.24) is 0 Å². The van der Waals surface area contributed by atoms with Crippen molar-refractivity contribution in [3.8, 4) is 0 Å². The van der Waals surface area contributed by atoms with Gasteiger partial charge in [0, 0.05) is 39.1 Å². The van der Waals surface area contributed by atoms with Crippen molar-refractivity contribution < 1.29 is 4.74 Å². The number of anilines is 1. The second-order valence-electron chi connectivity index (χ2n) is 4.49. The number of rotatable bonds is 5. The van der Waals surface area contributed by atoms with Crippen LogP contribution in [0.4, 0.5) is 5.69 Å². The fraction of sp³-hybridized carbons (Fsp3) is 0.333. The molecule has 0 unspecified atom stereocenters. The largest absolute Gasteiger partial charge is 0.381 e. The molecule has 0 bridgehead atoms. The molecule has 0 aliphatic rings. The number of ether oxygens (including phenoxy) is 1. The monoisotopic (exact) mass is 339 g/mol. The molecule has 19 heavy (non-hydrogen) atoms. The number of halogens is 1. The number of aryl methyl sites for hydroxylation is 2. The quantitative estimate of drug-likeness (QED) is 0.837. The molecule has 0 saturated heterocycles. The minimum Gasteiger partial charge on any atom is -0.381 e. The average molecular weight is 340 g/mol. The SMILES string of the molecule is COCc1c(Br)cccc1NCc1cc(C)sc1C. The van der Waals surface area contributed by atoms with Crippen LogP contribution < -0.4 is 5.32 Å². The molecule has 1 N–H and O–H groups in total. The standard InChI is InChI=1S/C15H18BrNOS/c1-10-7-12(11(2)19-10)8-17-15-6-4-5-14(16)13(15)9-18-3/h4-7,17H,8-9H2,1-3H3. The number of thiophene rings is 1. The maximum atomic E-state index is 5.26. The summed E-state index contributed by atoms with van der Waals surface area (Å²) < 4.78 is 6.34. The number of benzene rings is 1. The van der Waals surface area contributed by atoms with Crippen LogP contribution >= 0.6 is 27.3 Å². The molecular weight excluding hydrogens is 322 g/mol. The van der Waals surface area contributed by atoms with Crippen molar-refractivity contribution in [1.29, 1.82) is 0 Å². The summed E-state index contributed by atoms with van der Waals surface area (Å²) in [6.45, 7) is 5.77. The van der Waals surface area contributed by atoms with E-state index in [1.807, 2.05) is 23.5 Å². The van der Waals surface area contributed by atoms with Gasteiger partial charge < -0.3 is 10.1 Å². The van der Waals surface area contributed by atoms with Crippen LogP contribution in [0.2, 0.25) is 0 Å². The molecule has 1 aromatic carbocycles. The van der Waals surface area contributed by atoms with Gasteiger partial charge in [0.05, 0.1) is 6.61 Å². The second kappa shape index (κ2) is 6.55. The van der Waals surface area contributed by atoms with E-state index >= 15 is 0 Å². The highest BCUT2D eigenvalue weighted by molar-refractivity contribution is 9.10. The Morgan fingerprint density at radius 1 is 1.32 bits per heavy atom. The van der Waals surface area contributed by atoms with E-state index in [1.165, 1.54) is 15.3 Å². The number of hydrogen-bond acceptors (Lipinski definition) is 3. The Morgan fingerprint density at radius 2 is 2.11 bits per heavy atom. The maximum Gasteiger partial charge on any atom is 0.0744 e. The number of nitrogens with one attached hydrogen (secondary N) is 1. The van der Waals surface area contributed by atoms with Crippen molar-refractivity contribution in [3.05, 3.63) is 49.6 Å². The first kappa shape index (κ1) is 14.6. The zero-order chi connectivity index (χ0) is 13.8. The van der Waals surface area contributed by atoms with E-state index in [2.05, 4.69) is 47.2 Å². The molecule has 2 aromatic rings. The summed E-state index contributed by atoms with van der Waals surface area (Å²) in [4.78, 5) is 2.74. The molecule has 0 aliphatic heterocycles. The summed E-state index contributed by atoms with van der Waals surface area (Å²) in [5, 5.41) is 3.51. The van der Waals surface area contributed by atoms with Crippen molar-refractivity contribution in [2.24, 2.45) is 0 Å². The molecule has 2 rings (SSSR count). The van der Waals surface area contributed by atoms with E-state index in [9.17, 15) is 0 Å². The lowest BCUT2D eigenvalue weighted by Crippen LogP contribution is -2.03. The molecule has 0 spiro atoms. The first-order valence-electron chi connectivity index (χ1n) is 6.18. The molecule has 0 atom stereocenters. The second-order valence-corrected chi connectivity index (χ2v) is 6.81. The van der Waals surface area contributed by atoms with E-state index in [1.54, 1.807) is 7.11 Å². The van der Waals surface area contributed by atoms with Crippen LogP contribution in [0.25, 0.3) is 0 Å². The van der Waals surface area contributed by atoms with Gasteiger partial charge in [-0.3, -0.25) is 0 Å². The van der Waals surface area contributed by atoms with Crippen molar-refractivity contribution in [3.63, 3.8) is 0 Å². The van der Waals surface area contributed by atoms with E-state index in [4.69, 9.17) is 4.74 Å². The molecule has 0 radical (unpaired) electrons. The van der Waals surface area contributed by atoms with E-state index in [0.717, 1.165) is 22.3 Å². The summed E-state index contributed by atoms with van der Waals surface area (Å²) in [7, 11) is 1.72. The normalized spacial score (nSPS) is 10.7. The van der Waals surface area contributed by atoms with Gasteiger partial charge in [0.2, 0.25) is 0 Å². The molecule has 2 nitrogen and oxygen atoms in total. The van der Waals surface area contributed by atoms with Gasteiger partial charge >= 0.3 is 0 Å². The Labute approximate surface area is 126 Å². The van der Waals surface area contributed by atoms with Gasteiger partial charge in [0.15, 0.2) is 0 Å². The predicted octanol–water partition coefficient (Wildman–Crippen LogP) is 4.89. The smallest absolute Gasteiger partial charge is 0.0744 e. The highest BCUT2D eigenvalue weighted by Gasteiger charge is 2.08. The van der Waals surface area contributed by atoms with Crippen molar-refractivity contribution in [2.75, 3.05) is 12.4 Å². The summed E-state index contributed by atoms with van der Waals surface area (Å²) in [5.41, 5.74) is 3.65. The van der Waals surface area contributed by atoms with Gasteiger partial charge in [-0.05, 0) is 37.6 Å². The lowest BCUT2D eigenvalue weighted by atomic mass is 10.1. The topological polar surface area (TPSA) is 21.3 Å². The predicted molar refractivity (Wildman–Crippen MR) is 86.0 cm³/mol. The molecule has 1 heterocycles. The van der Waals surface area contributed by atoms with Gasteiger partial charge in [-0.25, -0.2) is 0 Å². The molecular formula is C15H18BrNOS. The van der Waals surface area contributed by atoms with E-state index in [-0.39, 0.29) is 0 Å². The first-order valence-corrected chi connectivity index (χ1v) is 7.79. The van der Waals surface area contributed by atoms with Crippen LogP contribution in [0.15, 0.2) is 28.7 Å². The zero-order valence-electron chi connectivity index (χ0n) is 11.4. The summed E-state index contributed by atoms with van der Waals surface area (Å²) in [6.07, 6.45) is 0. The summed E-state index contributed by atoms with van der Waals surface area (Å²) in [5.74, 6) is 0. The maximum absolute atomic E-state index is 5.26. The first-order chi connectivity index (χ1) is 9.11. The fourth-order valence-corrected chi connectivity index (χ4v) is 3.49. The highest BCUT2D eigenvalue weighted by Crippen LogP contribution is 2.27. The summed E-state index contributed by atoms with van der Waals surface area (Å²) >= 11 is 5.42. The molecule has 1 aromatic heterocycles. The van der Waals surface area contributed by atoms with Crippen LogP contribution in [0, 0.1) is 13.8 Å². The minimum absolute atomic E-state index is 0.603. The van der Waals surface area contributed by atoms with Crippen LogP contribution in [-0.2, 0) is 17.9 Å². The lowest BCUT2D eigenvalue weighted by molar-refractivity contribution is 0.185. The Balaban J connectivity index is 2.15. The third kappa shape index (κ3) is 3.59. The Kier molecular flexibility index (Phi) is 5.02. The Morgan fingerprint density at radius 3 is 2.74 bits per heavy atom. The van der Waals surface area contributed by atoms with Gasteiger partial charge in [-0.15, -0.1) is 11.3 Å². The number of hydrogen-bond donors (Lipinski definition) is 1. The average Bonchev–Trinajstić information content (AvgIpc) is 2.69. The molecule has 0 amide bonds. The van der Waals surface area contributed by atoms with Crippen LogP contribution in [0.5, 0.6) is 0 Å². The molecule has 0 aliphatic carbocycles. The summed E-state index contributed by atoms with van der Waals surface area (Å²) in [6, 6.07) is 8.42. The molecule has 102 valence electrons. The van der Waals surface area contributed by atoms with Gasteiger partial charge in [0.1, 0.15) is 0 Å². The van der Waals surface area contributed by atoms with Crippen molar-refractivity contribution in [2.45, 2.75) is 27.0 Å². The third-order valence-electron chi connectivity index (χ3n) is 3.02.